The van der Waals surface area contributed by atoms with Gasteiger partial charge in [-0.3, -0.25) is 19.3 Å². The van der Waals surface area contributed by atoms with Crippen LogP contribution in [0.25, 0.3) is 0 Å². The van der Waals surface area contributed by atoms with Gasteiger partial charge in [-0.1, -0.05) is 0 Å². The van der Waals surface area contributed by atoms with Crippen molar-refractivity contribution in [1.29, 1.82) is 0 Å². The summed E-state index contributed by atoms with van der Waals surface area (Å²) in [6.45, 7) is 1.79. The summed E-state index contributed by atoms with van der Waals surface area (Å²) in [5, 5.41) is 5.41. The molecular weight excluding hydrogens is 426 g/mol. The van der Waals surface area contributed by atoms with Crippen LogP contribution in [-0.2, 0) is 14.4 Å². The summed E-state index contributed by atoms with van der Waals surface area (Å²) in [6, 6.07) is 9.60. The van der Waals surface area contributed by atoms with Crippen molar-refractivity contribution in [2.45, 2.75) is 19.4 Å². The number of carbonyl (C=O) groups is 3. The van der Waals surface area contributed by atoms with Crippen molar-refractivity contribution >= 4 is 46.4 Å². The summed E-state index contributed by atoms with van der Waals surface area (Å²) in [5.74, 6) is -2.03. The largest absolute Gasteiger partial charge is 0.355 e. The number of nitrogens with one attached hydrogen (secondary N) is 2. The van der Waals surface area contributed by atoms with E-state index in [9.17, 15) is 23.2 Å². The molecule has 3 rings (SSSR count). The van der Waals surface area contributed by atoms with Gasteiger partial charge in [-0.25, -0.2) is 8.78 Å². The van der Waals surface area contributed by atoms with E-state index in [0.717, 1.165) is 0 Å². The molecule has 1 heterocycles. The van der Waals surface area contributed by atoms with E-state index in [4.69, 9.17) is 12.2 Å². The van der Waals surface area contributed by atoms with Gasteiger partial charge < -0.3 is 15.5 Å². The Morgan fingerprint density at radius 2 is 1.61 bits per heavy atom. The summed E-state index contributed by atoms with van der Waals surface area (Å²) in [6.07, 6.45) is -0.214. The Hall–Kier alpha value is -3.40. The molecule has 0 radical (unpaired) electrons. The number of carbonyl (C=O) groups excluding carboxylic acids is 3. The van der Waals surface area contributed by atoms with Gasteiger partial charge in [-0.15, -0.1) is 0 Å². The fraction of sp³-hybridized carbons (Fsp3) is 0.238. The van der Waals surface area contributed by atoms with Gasteiger partial charge in [0.05, 0.1) is 12.1 Å². The topological polar surface area (TPSA) is 81.8 Å². The number of benzene rings is 2. The monoisotopic (exact) mass is 446 g/mol. The molecule has 0 aromatic heterocycles. The van der Waals surface area contributed by atoms with Crippen LogP contribution < -0.4 is 15.5 Å². The molecule has 31 heavy (non-hydrogen) atoms. The summed E-state index contributed by atoms with van der Waals surface area (Å²) in [4.78, 5) is 39.7. The molecule has 7 nitrogen and oxygen atoms in total. The van der Waals surface area contributed by atoms with Gasteiger partial charge in [-0.05, 0) is 60.7 Å². The van der Waals surface area contributed by atoms with Crippen molar-refractivity contribution in [2.75, 3.05) is 23.3 Å². The van der Waals surface area contributed by atoms with Gasteiger partial charge >= 0.3 is 0 Å². The summed E-state index contributed by atoms with van der Waals surface area (Å²) >= 11 is 5.46. The molecule has 162 valence electrons. The number of hydrogen-bond acceptors (Lipinski definition) is 4. The van der Waals surface area contributed by atoms with E-state index in [1.807, 2.05) is 0 Å². The number of hydrogen-bond donors (Lipinski definition) is 2. The maximum Gasteiger partial charge on any atom is 0.256 e. The van der Waals surface area contributed by atoms with Crippen LogP contribution in [-0.4, -0.2) is 46.9 Å². The van der Waals surface area contributed by atoms with Crippen LogP contribution >= 0.6 is 12.2 Å². The molecule has 0 unspecified atom stereocenters. The third-order valence-corrected chi connectivity index (χ3v) is 5.05. The first-order valence-electron chi connectivity index (χ1n) is 9.46. The normalized spacial score (nSPS) is 15.9. The van der Waals surface area contributed by atoms with Crippen LogP contribution in [0.5, 0.6) is 0 Å². The second-order valence-electron chi connectivity index (χ2n) is 6.88. The molecule has 2 N–H and O–H groups in total. The van der Waals surface area contributed by atoms with Gasteiger partial charge in [0.1, 0.15) is 17.7 Å². The van der Waals surface area contributed by atoms with Crippen molar-refractivity contribution in [3.63, 3.8) is 0 Å². The molecule has 1 saturated heterocycles. The molecular formula is C21H20F2N4O3S. The highest BCUT2D eigenvalue weighted by Crippen LogP contribution is 2.27. The van der Waals surface area contributed by atoms with Gasteiger partial charge in [0, 0.05) is 25.7 Å². The smallest absolute Gasteiger partial charge is 0.256 e. The Balaban J connectivity index is 1.79. The predicted octanol–water partition coefficient (Wildman–Crippen LogP) is 2.43. The number of halogens is 2. The lowest BCUT2D eigenvalue weighted by molar-refractivity contribution is -0.124. The Morgan fingerprint density at radius 1 is 1.03 bits per heavy atom. The fourth-order valence-electron chi connectivity index (χ4n) is 3.19. The highest BCUT2D eigenvalue weighted by Gasteiger charge is 2.43. The quantitative estimate of drug-likeness (QED) is 0.639. The molecule has 1 fully saturated rings. The van der Waals surface area contributed by atoms with E-state index in [-0.39, 0.29) is 30.5 Å². The first-order valence-corrected chi connectivity index (χ1v) is 9.87. The number of rotatable bonds is 7. The highest BCUT2D eigenvalue weighted by atomic mass is 32.1. The number of nitrogens with zero attached hydrogens (tertiary/aromatic N) is 2. The van der Waals surface area contributed by atoms with E-state index in [2.05, 4.69) is 10.6 Å². The Bertz CT molecular complexity index is 999. The minimum atomic E-state index is -0.910. The van der Waals surface area contributed by atoms with Crippen LogP contribution in [0.4, 0.5) is 20.2 Å². The zero-order valence-electron chi connectivity index (χ0n) is 16.6. The minimum Gasteiger partial charge on any atom is -0.355 e. The second-order valence-corrected chi connectivity index (χ2v) is 7.25. The maximum atomic E-state index is 13.3. The lowest BCUT2D eigenvalue weighted by Gasteiger charge is -2.23. The van der Waals surface area contributed by atoms with Crippen LogP contribution in [0.3, 0.4) is 0 Å². The molecule has 0 saturated carbocycles. The van der Waals surface area contributed by atoms with E-state index >= 15 is 0 Å². The second kappa shape index (κ2) is 9.61. The molecule has 2 aromatic rings. The maximum absolute atomic E-state index is 13.3. The first-order chi connectivity index (χ1) is 14.8. The highest BCUT2D eigenvalue weighted by molar-refractivity contribution is 7.80. The first kappa shape index (κ1) is 22.3. The lowest BCUT2D eigenvalue weighted by Crippen LogP contribution is -2.42. The molecule has 0 bridgehead atoms. The van der Waals surface area contributed by atoms with Crippen molar-refractivity contribution in [3.05, 3.63) is 60.2 Å². The van der Waals surface area contributed by atoms with Crippen LogP contribution in [0.1, 0.15) is 13.3 Å². The van der Waals surface area contributed by atoms with E-state index in [1.54, 1.807) is 4.90 Å². The lowest BCUT2D eigenvalue weighted by atomic mass is 10.1. The summed E-state index contributed by atoms with van der Waals surface area (Å²) in [5.41, 5.74) is 0.766. The molecule has 1 aliphatic rings. The van der Waals surface area contributed by atoms with Gasteiger partial charge in [0.2, 0.25) is 11.8 Å². The third-order valence-electron chi connectivity index (χ3n) is 4.64. The molecule has 0 aliphatic carbocycles. The molecule has 0 spiro atoms. The summed E-state index contributed by atoms with van der Waals surface area (Å²) in [7, 11) is 0. The molecule has 10 heteroatoms. The average Bonchev–Trinajstić information content (AvgIpc) is 2.94. The predicted molar refractivity (Wildman–Crippen MR) is 115 cm³/mol. The molecule has 1 atom stereocenters. The Morgan fingerprint density at radius 3 is 2.19 bits per heavy atom. The Kier molecular flexibility index (Phi) is 6.91. The van der Waals surface area contributed by atoms with Crippen molar-refractivity contribution < 1.29 is 23.2 Å². The standard InChI is InChI=1S/C21H20F2N4O3S/c1-13(28)24-10-11-26-18(12-19(29)25-16-6-2-14(22)3-7-16)20(30)27(21(26)31)17-8-4-15(23)5-9-17/h2-9,18H,10-12H2,1H3,(H,24,28)(H,25,29)/t18-/m1/s1. The Labute approximate surface area is 183 Å². The van der Waals surface area contributed by atoms with Gasteiger partial charge in [0.15, 0.2) is 5.11 Å². The third kappa shape index (κ3) is 5.40. The van der Waals surface area contributed by atoms with Crippen molar-refractivity contribution in [1.82, 2.24) is 10.2 Å². The molecule has 3 amide bonds. The van der Waals surface area contributed by atoms with E-state index in [0.29, 0.717) is 11.4 Å². The number of anilines is 2. The fourth-order valence-corrected chi connectivity index (χ4v) is 3.60. The SMILES string of the molecule is CC(=O)NCCN1C(=S)N(c2ccc(F)cc2)C(=O)[C@H]1CC(=O)Nc1ccc(F)cc1. The number of thiocarbonyl (C=S) groups is 1. The van der Waals surface area contributed by atoms with E-state index < -0.39 is 29.5 Å². The van der Waals surface area contributed by atoms with Gasteiger partial charge in [-0.2, -0.15) is 0 Å². The van der Waals surface area contributed by atoms with Crippen LogP contribution in [0, 0.1) is 11.6 Å². The van der Waals surface area contributed by atoms with Crippen molar-refractivity contribution in [3.8, 4) is 0 Å². The van der Waals surface area contributed by atoms with Gasteiger partial charge in [0.25, 0.3) is 5.91 Å². The minimum absolute atomic E-state index is 0.154. The molecule has 1 aliphatic heterocycles. The zero-order chi connectivity index (χ0) is 22.5. The van der Waals surface area contributed by atoms with Crippen molar-refractivity contribution in [2.24, 2.45) is 0 Å². The van der Waals surface area contributed by atoms with Crippen LogP contribution in [0.2, 0.25) is 0 Å². The average molecular weight is 446 g/mol. The molecule has 2 aromatic carbocycles. The van der Waals surface area contributed by atoms with Crippen LogP contribution in [0.15, 0.2) is 48.5 Å². The van der Waals surface area contributed by atoms with E-state index in [1.165, 1.54) is 60.4 Å². The zero-order valence-corrected chi connectivity index (χ0v) is 17.4. The number of amides is 3. The summed E-state index contributed by atoms with van der Waals surface area (Å²) < 4.78 is 26.4.